The number of aliphatic hydroxyl groups excluding tert-OH is 1. The summed E-state index contributed by atoms with van der Waals surface area (Å²) in [5.41, 5.74) is 4.86. The van der Waals surface area contributed by atoms with Crippen LogP contribution in [0.15, 0.2) is 12.1 Å². The van der Waals surface area contributed by atoms with Crippen LogP contribution in [0.25, 0.3) is 10.9 Å². The number of aliphatic hydroxyl groups is 1. The first-order valence-corrected chi connectivity index (χ1v) is 5.83. The smallest absolute Gasteiger partial charge is 0.119 e. The minimum Gasteiger partial charge on any atom is -0.497 e. The van der Waals surface area contributed by atoms with Gasteiger partial charge >= 0.3 is 0 Å². The van der Waals surface area contributed by atoms with Gasteiger partial charge in [0.15, 0.2) is 0 Å². The average molecular weight is 233 g/mol. The van der Waals surface area contributed by atoms with Crippen LogP contribution in [0.5, 0.6) is 5.75 Å². The first-order valence-electron chi connectivity index (χ1n) is 5.83. The van der Waals surface area contributed by atoms with Crippen LogP contribution >= 0.6 is 0 Å². The fraction of sp³-hybridized carbons (Fsp3) is 0.429. The molecule has 3 nitrogen and oxygen atoms in total. The highest BCUT2D eigenvalue weighted by atomic mass is 16.5. The molecule has 92 valence electrons. The Labute approximate surface area is 102 Å². The molecule has 1 heterocycles. The second-order valence-corrected chi connectivity index (χ2v) is 4.44. The number of fused-ring (bicyclic) bond motifs is 1. The van der Waals surface area contributed by atoms with Gasteiger partial charge in [0, 0.05) is 24.7 Å². The van der Waals surface area contributed by atoms with Gasteiger partial charge in [0.25, 0.3) is 0 Å². The van der Waals surface area contributed by atoms with Gasteiger partial charge in [0.1, 0.15) is 5.75 Å². The number of benzene rings is 1. The molecule has 2 aromatic rings. The maximum Gasteiger partial charge on any atom is 0.119 e. The monoisotopic (exact) mass is 233 g/mol. The van der Waals surface area contributed by atoms with E-state index in [1.54, 1.807) is 7.11 Å². The first-order chi connectivity index (χ1) is 8.10. The van der Waals surface area contributed by atoms with Gasteiger partial charge in [-0.2, -0.15) is 0 Å². The van der Waals surface area contributed by atoms with Crippen molar-refractivity contribution in [1.82, 2.24) is 4.57 Å². The van der Waals surface area contributed by atoms with Gasteiger partial charge in [-0.3, -0.25) is 0 Å². The topological polar surface area (TPSA) is 34.4 Å². The Hall–Kier alpha value is -1.48. The number of methoxy groups -OCH3 is 1. The molecule has 1 aromatic carbocycles. The predicted octanol–water partition coefficient (Wildman–Crippen LogP) is 2.34. The maximum atomic E-state index is 9.17. The largest absolute Gasteiger partial charge is 0.497 e. The molecule has 0 spiro atoms. The van der Waals surface area contributed by atoms with Crippen molar-refractivity contribution in [2.75, 3.05) is 13.7 Å². The minimum absolute atomic E-state index is 0.177. The van der Waals surface area contributed by atoms with Crippen LogP contribution in [0.1, 0.15) is 16.8 Å². The Kier molecular flexibility index (Phi) is 3.11. The molecule has 0 atom stereocenters. The van der Waals surface area contributed by atoms with Crippen molar-refractivity contribution >= 4 is 10.9 Å². The summed E-state index contributed by atoms with van der Waals surface area (Å²) in [6.07, 6.45) is 0.690. The Morgan fingerprint density at radius 3 is 2.59 bits per heavy atom. The van der Waals surface area contributed by atoms with E-state index in [1.807, 2.05) is 6.07 Å². The zero-order chi connectivity index (χ0) is 12.6. The third kappa shape index (κ3) is 1.80. The Morgan fingerprint density at radius 1 is 1.29 bits per heavy atom. The normalized spacial score (nSPS) is 11.1. The molecule has 0 aliphatic carbocycles. The zero-order valence-electron chi connectivity index (χ0n) is 10.9. The van der Waals surface area contributed by atoms with E-state index in [4.69, 9.17) is 9.84 Å². The number of aromatic nitrogens is 1. The van der Waals surface area contributed by atoms with Crippen LogP contribution in [-0.2, 0) is 13.5 Å². The van der Waals surface area contributed by atoms with Crippen LogP contribution in [0.3, 0.4) is 0 Å². The summed E-state index contributed by atoms with van der Waals surface area (Å²) >= 11 is 0. The molecule has 0 amide bonds. The highest BCUT2D eigenvalue weighted by molar-refractivity contribution is 5.89. The second kappa shape index (κ2) is 4.41. The molecular formula is C14H19NO2. The Balaban J connectivity index is 2.80. The van der Waals surface area contributed by atoms with Gasteiger partial charge in [-0.25, -0.2) is 0 Å². The molecule has 0 aliphatic heterocycles. The number of ether oxygens (including phenoxy) is 1. The summed E-state index contributed by atoms with van der Waals surface area (Å²) in [6, 6.07) is 4.10. The molecule has 1 aromatic heterocycles. The quantitative estimate of drug-likeness (QED) is 0.883. The Bertz CT molecular complexity index is 555. The van der Waals surface area contributed by atoms with Crippen molar-refractivity contribution in [2.45, 2.75) is 20.3 Å². The van der Waals surface area contributed by atoms with Crippen molar-refractivity contribution in [3.8, 4) is 5.75 Å². The van der Waals surface area contributed by atoms with E-state index in [0.29, 0.717) is 6.42 Å². The third-order valence-corrected chi connectivity index (χ3v) is 3.47. The van der Waals surface area contributed by atoms with Crippen molar-refractivity contribution < 1.29 is 9.84 Å². The van der Waals surface area contributed by atoms with Crippen molar-refractivity contribution in [3.05, 3.63) is 29.0 Å². The van der Waals surface area contributed by atoms with Crippen LogP contribution in [0.4, 0.5) is 0 Å². The molecule has 3 heteroatoms. The molecule has 17 heavy (non-hydrogen) atoms. The average Bonchev–Trinajstić information content (AvgIpc) is 2.55. The Morgan fingerprint density at radius 2 is 2.00 bits per heavy atom. The summed E-state index contributed by atoms with van der Waals surface area (Å²) in [4.78, 5) is 0. The van der Waals surface area contributed by atoms with Gasteiger partial charge in [-0.05, 0) is 43.5 Å². The van der Waals surface area contributed by atoms with Gasteiger partial charge in [0.05, 0.1) is 12.6 Å². The number of nitrogens with zero attached hydrogens (tertiary/aromatic N) is 1. The van der Waals surface area contributed by atoms with E-state index >= 15 is 0 Å². The van der Waals surface area contributed by atoms with Crippen molar-refractivity contribution in [2.24, 2.45) is 7.05 Å². The molecule has 0 saturated heterocycles. The van der Waals surface area contributed by atoms with Crippen molar-refractivity contribution in [3.63, 3.8) is 0 Å². The van der Waals surface area contributed by atoms with Gasteiger partial charge in [-0.1, -0.05) is 0 Å². The van der Waals surface area contributed by atoms with Crippen LogP contribution in [0.2, 0.25) is 0 Å². The molecule has 0 bridgehead atoms. The fourth-order valence-electron chi connectivity index (χ4n) is 2.53. The van der Waals surface area contributed by atoms with E-state index in [-0.39, 0.29) is 6.61 Å². The van der Waals surface area contributed by atoms with Gasteiger partial charge in [0.2, 0.25) is 0 Å². The molecule has 0 aliphatic rings. The lowest BCUT2D eigenvalue weighted by Crippen LogP contribution is -1.95. The van der Waals surface area contributed by atoms with Crippen LogP contribution < -0.4 is 4.74 Å². The number of hydrogen-bond donors (Lipinski definition) is 1. The number of hydrogen-bond acceptors (Lipinski definition) is 2. The number of aryl methyl sites for hydroxylation is 2. The minimum atomic E-state index is 0.177. The summed E-state index contributed by atoms with van der Waals surface area (Å²) in [5, 5.41) is 10.4. The molecule has 0 radical (unpaired) electrons. The molecule has 0 saturated carbocycles. The SMILES string of the molecule is COc1cc(C)c2c(c1)c(CCO)c(C)n2C. The van der Waals surface area contributed by atoms with Crippen LogP contribution in [-0.4, -0.2) is 23.4 Å². The van der Waals surface area contributed by atoms with E-state index in [1.165, 1.54) is 27.7 Å². The zero-order valence-corrected chi connectivity index (χ0v) is 10.9. The summed E-state index contributed by atoms with van der Waals surface area (Å²) < 4.78 is 7.50. The van der Waals surface area contributed by atoms with Crippen molar-refractivity contribution in [1.29, 1.82) is 0 Å². The summed E-state index contributed by atoms with van der Waals surface area (Å²) in [6.45, 7) is 4.36. The lowest BCUT2D eigenvalue weighted by atomic mass is 10.1. The van der Waals surface area contributed by atoms with E-state index in [9.17, 15) is 0 Å². The lowest BCUT2D eigenvalue weighted by Gasteiger charge is -2.05. The highest BCUT2D eigenvalue weighted by Crippen LogP contribution is 2.31. The molecule has 2 rings (SSSR count). The molecule has 0 unspecified atom stereocenters. The van der Waals surface area contributed by atoms with Gasteiger partial charge in [-0.15, -0.1) is 0 Å². The van der Waals surface area contributed by atoms with Gasteiger partial charge < -0.3 is 14.4 Å². The number of rotatable bonds is 3. The van der Waals surface area contributed by atoms with E-state index in [2.05, 4.69) is 31.5 Å². The molecule has 1 N–H and O–H groups in total. The third-order valence-electron chi connectivity index (χ3n) is 3.47. The predicted molar refractivity (Wildman–Crippen MR) is 69.7 cm³/mol. The summed E-state index contributed by atoms with van der Waals surface area (Å²) in [5.74, 6) is 0.875. The lowest BCUT2D eigenvalue weighted by molar-refractivity contribution is 0.299. The van der Waals surface area contributed by atoms with E-state index in [0.717, 1.165) is 5.75 Å². The molecule has 0 fully saturated rings. The second-order valence-electron chi connectivity index (χ2n) is 4.44. The van der Waals surface area contributed by atoms with E-state index < -0.39 is 0 Å². The maximum absolute atomic E-state index is 9.17. The standard InChI is InChI=1S/C14H19NO2/c1-9-7-11(17-4)8-13-12(5-6-16)10(2)15(3)14(9)13/h7-8,16H,5-6H2,1-4H3. The summed E-state index contributed by atoms with van der Waals surface area (Å²) in [7, 11) is 3.75. The van der Waals surface area contributed by atoms with Crippen LogP contribution in [0, 0.1) is 13.8 Å². The highest BCUT2D eigenvalue weighted by Gasteiger charge is 2.14. The fourth-order valence-corrected chi connectivity index (χ4v) is 2.53. The molecular weight excluding hydrogens is 214 g/mol. The first kappa shape index (κ1) is 12.0.